The number of hydrogen-bond donors (Lipinski definition) is 1. The molecule has 21 heavy (non-hydrogen) atoms. The van der Waals surface area contributed by atoms with Crippen molar-refractivity contribution in [2.24, 2.45) is 0 Å². The first kappa shape index (κ1) is 15.0. The summed E-state index contributed by atoms with van der Waals surface area (Å²) in [4.78, 5) is 0. The fraction of sp³-hybridized carbons (Fsp3) is 0.286. The van der Waals surface area contributed by atoms with Crippen LogP contribution in [0.5, 0.6) is 0 Å². The zero-order valence-electron chi connectivity index (χ0n) is 11.2. The lowest BCUT2D eigenvalue weighted by molar-refractivity contribution is 0.400. The molecule has 4 nitrogen and oxygen atoms in total. The molecule has 3 rings (SSSR count). The summed E-state index contributed by atoms with van der Waals surface area (Å²) in [7, 11) is -3.47. The minimum absolute atomic E-state index is 0.0930. The predicted octanol–water partition coefficient (Wildman–Crippen LogP) is 3.45. The number of para-hydroxylation sites is 1. The molecule has 2 aromatic rings. The van der Waals surface area contributed by atoms with E-state index in [0.29, 0.717) is 16.4 Å². The van der Waals surface area contributed by atoms with Crippen molar-refractivity contribution in [2.45, 2.75) is 29.6 Å². The van der Waals surface area contributed by atoms with Crippen LogP contribution in [0.25, 0.3) is 0 Å². The van der Waals surface area contributed by atoms with Crippen molar-refractivity contribution < 1.29 is 8.42 Å². The van der Waals surface area contributed by atoms with Crippen LogP contribution in [0.2, 0.25) is 0 Å². The SMILES string of the molecule is Nc1ccccc1CN(C1CC1)S(=O)(=O)c1ccc(Br)s1. The molecule has 2 N–H and O–H groups in total. The first-order valence-electron chi connectivity index (χ1n) is 6.59. The Labute approximate surface area is 136 Å². The van der Waals surface area contributed by atoms with E-state index in [9.17, 15) is 8.42 Å². The molecular weight excluding hydrogens is 372 g/mol. The molecule has 112 valence electrons. The molecule has 1 aliphatic rings. The summed E-state index contributed by atoms with van der Waals surface area (Å²) in [5, 5.41) is 0. The van der Waals surface area contributed by atoms with Crippen molar-refractivity contribution >= 4 is 43.0 Å². The van der Waals surface area contributed by atoms with Gasteiger partial charge in [-0.05, 0) is 52.5 Å². The Morgan fingerprint density at radius 1 is 1.24 bits per heavy atom. The molecule has 0 unspecified atom stereocenters. The van der Waals surface area contributed by atoms with Crippen LogP contribution in [-0.4, -0.2) is 18.8 Å². The third-order valence-corrected chi connectivity index (χ3v) is 7.44. The lowest BCUT2D eigenvalue weighted by Gasteiger charge is -2.21. The van der Waals surface area contributed by atoms with Gasteiger partial charge >= 0.3 is 0 Å². The summed E-state index contributed by atoms with van der Waals surface area (Å²) in [6.07, 6.45) is 1.83. The molecule has 1 aromatic carbocycles. The van der Waals surface area contributed by atoms with Crippen LogP contribution >= 0.6 is 27.3 Å². The van der Waals surface area contributed by atoms with E-state index in [1.807, 2.05) is 18.2 Å². The van der Waals surface area contributed by atoms with Crippen LogP contribution in [0.3, 0.4) is 0 Å². The predicted molar refractivity (Wildman–Crippen MR) is 88.6 cm³/mol. The van der Waals surface area contributed by atoms with Crippen LogP contribution < -0.4 is 5.73 Å². The van der Waals surface area contributed by atoms with E-state index in [2.05, 4.69) is 15.9 Å². The third kappa shape index (κ3) is 3.15. The number of halogens is 1. The molecule has 1 saturated carbocycles. The normalized spacial score (nSPS) is 15.5. The van der Waals surface area contributed by atoms with Gasteiger partial charge in [-0.25, -0.2) is 8.42 Å². The minimum atomic E-state index is -3.47. The number of nitrogen functional groups attached to an aromatic ring is 1. The maximum Gasteiger partial charge on any atom is 0.253 e. The Hall–Kier alpha value is -0.890. The molecule has 1 aromatic heterocycles. The Morgan fingerprint density at radius 3 is 2.52 bits per heavy atom. The highest BCUT2D eigenvalue weighted by molar-refractivity contribution is 9.11. The number of benzene rings is 1. The largest absolute Gasteiger partial charge is 0.398 e. The van der Waals surface area contributed by atoms with E-state index in [1.54, 1.807) is 22.5 Å². The first-order chi connectivity index (χ1) is 9.98. The summed E-state index contributed by atoms with van der Waals surface area (Å²) >= 11 is 4.56. The number of rotatable bonds is 5. The van der Waals surface area contributed by atoms with E-state index >= 15 is 0 Å². The summed E-state index contributed by atoms with van der Waals surface area (Å²) in [6.45, 7) is 0.329. The summed E-state index contributed by atoms with van der Waals surface area (Å²) in [5.74, 6) is 0. The number of thiophene rings is 1. The fourth-order valence-electron chi connectivity index (χ4n) is 2.17. The van der Waals surface area contributed by atoms with E-state index in [0.717, 1.165) is 22.2 Å². The Kier molecular flexibility index (Phi) is 4.09. The van der Waals surface area contributed by atoms with Crippen molar-refractivity contribution in [3.8, 4) is 0 Å². The van der Waals surface area contributed by atoms with E-state index in [4.69, 9.17) is 5.73 Å². The zero-order chi connectivity index (χ0) is 15.0. The monoisotopic (exact) mass is 386 g/mol. The molecule has 0 bridgehead atoms. The highest BCUT2D eigenvalue weighted by atomic mass is 79.9. The summed E-state index contributed by atoms with van der Waals surface area (Å²) in [6, 6.07) is 10.9. The summed E-state index contributed by atoms with van der Waals surface area (Å²) < 4.78 is 28.4. The van der Waals surface area contributed by atoms with Gasteiger partial charge in [0.1, 0.15) is 4.21 Å². The highest BCUT2D eigenvalue weighted by Crippen LogP contribution is 2.37. The van der Waals surface area contributed by atoms with Gasteiger partial charge in [0.15, 0.2) is 0 Å². The van der Waals surface area contributed by atoms with Crippen LogP contribution in [-0.2, 0) is 16.6 Å². The number of sulfonamides is 1. The average molecular weight is 387 g/mol. The molecule has 7 heteroatoms. The van der Waals surface area contributed by atoms with Crippen LogP contribution in [0.1, 0.15) is 18.4 Å². The lowest BCUT2D eigenvalue weighted by atomic mass is 10.2. The van der Waals surface area contributed by atoms with Gasteiger partial charge in [0, 0.05) is 18.3 Å². The quantitative estimate of drug-likeness (QED) is 0.800. The molecule has 1 aliphatic carbocycles. The smallest absolute Gasteiger partial charge is 0.253 e. The van der Waals surface area contributed by atoms with Crippen molar-refractivity contribution in [1.29, 1.82) is 0 Å². The average Bonchev–Trinajstić information content (AvgIpc) is 3.18. The van der Waals surface area contributed by atoms with Crippen LogP contribution in [0.4, 0.5) is 5.69 Å². The van der Waals surface area contributed by atoms with E-state index in [-0.39, 0.29) is 6.04 Å². The van der Waals surface area contributed by atoms with Gasteiger partial charge in [-0.3, -0.25) is 0 Å². The highest BCUT2D eigenvalue weighted by Gasteiger charge is 2.38. The van der Waals surface area contributed by atoms with Crippen LogP contribution in [0.15, 0.2) is 44.4 Å². The Bertz CT molecular complexity index is 754. The third-order valence-electron chi connectivity index (χ3n) is 3.45. The fourth-order valence-corrected chi connectivity index (χ4v) is 5.97. The molecule has 0 saturated heterocycles. The van der Waals surface area contributed by atoms with Gasteiger partial charge in [0.25, 0.3) is 10.0 Å². The summed E-state index contributed by atoms with van der Waals surface area (Å²) in [5.41, 5.74) is 7.43. The van der Waals surface area contributed by atoms with E-state index in [1.165, 1.54) is 11.3 Å². The number of nitrogens with two attached hydrogens (primary N) is 1. The standard InChI is InChI=1S/C14H15BrN2O2S2/c15-13-7-8-14(20-13)21(18,19)17(11-5-6-11)9-10-3-1-2-4-12(10)16/h1-4,7-8,11H,5-6,9,16H2. The van der Waals surface area contributed by atoms with Gasteiger partial charge in [-0.2, -0.15) is 4.31 Å². The first-order valence-corrected chi connectivity index (χ1v) is 9.64. The van der Waals surface area contributed by atoms with Crippen molar-refractivity contribution in [2.75, 3.05) is 5.73 Å². The molecule has 0 spiro atoms. The second-order valence-corrected chi connectivity index (χ2v) is 9.62. The zero-order valence-corrected chi connectivity index (χ0v) is 14.4. The maximum absolute atomic E-state index is 12.8. The lowest BCUT2D eigenvalue weighted by Crippen LogP contribution is -2.32. The van der Waals surface area contributed by atoms with Crippen LogP contribution in [0, 0.1) is 0 Å². The molecule has 0 aliphatic heterocycles. The maximum atomic E-state index is 12.8. The second-order valence-electron chi connectivity index (χ2n) is 5.04. The molecule has 1 fully saturated rings. The number of hydrogen-bond acceptors (Lipinski definition) is 4. The van der Waals surface area contributed by atoms with Crippen molar-refractivity contribution in [3.05, 3.63) is 45.7 Å². The minimum Gasteiger partial charge on any atom is -0.398 e. The molecule has 1 heterocycles. The van der Waals surface area contributed by atoms with Crippen molar-refractivity contribution in [1.82, 2.24) is 4.31 Å². The Morgan fingerprint density at radius 2 is 1.95 bits per heavy atom. The van der Waals surface area contributed by atoms with Gasteiger partial charge in [0.2, 0.25) is 0 Å². The topological polar surface area (TPSA) is 63.4 Å². The molecule has 0 amide bonds. The molecular formula is C14H15BrN2O2S2. The van der Waals surface area contributed by atoms with Crippen molar-refractivity contribution in [3.63, 3.8) is 0 Å². The number of nitrogens with zero attached hydrogens (tertiary/aromatic N) is 1. The van der Waals surface area contributed by atoms with Gasteiger partial charge in [-0.15, -0.1) is 11.3 Å². The number of anilines is 1. The van der Waals surface area contributed by atoms with Gasteiger partial charge < -0.3 is 5.73 Å². The molecule has 0 atom stereocenters. The van der Waals surface area contributed by atoms with Gasteiger partial charge in [-0.1, -0.05) is 18.2 Å². The second kappa shape index (κ2) is 5.72. The van der Waals surface area contributed by atoms with E-state index < -0.39 is 10.0 Å². The molecule has 0 radical (unpaired) electrons. The van der Waals surface area contributed by atoms with Gasteiger partial charge in [0.05, 0.1) is 3.79 Å². The Balaban J connectivity index is 1.94.